The minimum absolute atomic E-state index is 0.207. The number of aryl methyl sites for hydroxylation is 1. The van der Waals surface area contributed by atoms with E-state index >= 15 is 0 Å². The molecule has 1 saturated heterocycles. The third kappa shape index (κ3) is 4.75. The average molecular weight is 287 g/mol. The molecule has 2 heterocycles. The minimum Gasteiger partial charge on any atom is -0.374 e. The molecule has 1 aromatic rings. The van der Waals surface area contributed by atoms with Crippen LogP contribution >= 0.6 is 11.6 Å². The summed E-state index contributed by atoms with van der Waals surface area (Å²) in [5.41, 5.74) is 0.949. The first-order valence-corrected chi connectivity index (χ1v) is 7.49. The lowest BCUT2D eigenvalue weighted by Gasteiger charge is -2.33. The summed E-state index contributed by atoms with van der Waals surface area (Å²) in [5, 5.41) is 8.22. The first-order chi connectivity index (χ1) is 9.17. The van der Waals surface area contributed by atoms with Gasteiger partial charge in [-0.25, -0.2) is 4.68 Å². The summed E-state index contributed by atoms with van der Waals surface area (Å²) in [7, 11) is 0. The number of morpholine rings is 1. The van der Waals surface area contributed by atoms with Crippen LogP contribution in [0.25, 0.3) is 0 Å². The second-order valence-corrected chi connectivity index (χ2v) is 5.90. The average Bonchev–Trinajstić information content (AvgIpc) is 2.76. The third-order valence-corrected chi connectivity index (χ3v) is 3.36. The van der Waals surface area contributed by atoms with Crippen molar-refractivity contribution in [2.24, 2.45) is 5.92 Å². The maximum Gasteiger partial charge on any atom is 0.0898 e. The highest BCUT2D eigenvalue weighted by molar-refractivity contribution is 6.17. The van der Waals surface area contributed by atoms with Crippen LogP contribution in [0.2, 0.25) is 0 Å². The van der Waals surface area contributed by atoms with Crippen LogP contribution in [0.1, 0.15) is 19.5 Å². The first-order valence-electron chi connectivity index (χ1n) is 6.96. The van der Waals surface area contributed by atoms with Gasteiger partial charge in [0.1, 0.15) is 0 Å². The number of ether oxygens (including phenoxy) is 1. The van der Waals surface area contributed by atoms with Gasteiger partial charge in [-0.3, -0.25) is 4.90 Å². The zero-order chi connectivity index (χ0) is 13.7. The van der Waals surface area contributed by atoms with Gasteiger partial charge in [-0.15, -0.1) is 16.7 Å². The molecule has 0 saturated carbocycles. The highest BCUT2D eigenvalue weighted by Crippen LogP contribution is 2.10. The lowest BCUT2D eigenvalue weighted by Crippen LogP contribution is -2.45. The number of hydrogen-bond donors (Lipinski definition) is 0. The SMILES string of the molecule is CC(C)CN1CCOC(Cn2cc(CCCl)nn2)C1. The maximum atomic E-state index is 5.81. The zero-order valence-corrected chi connectivity index (χ0v) is 12.5. The van der Waals surface area contributed by atoms with E-state index in [0.717, 1.165) is 44.9 Å². The molecule has 0 bridgehead atoms. The molecule has 1 fully saturated rings. The normalized spacial score (nSPS) is 21.2. The van der Waals surface area contributed by atoms with Gasteiger partial charge >= 0.3 is 0 Å². The van der Waals surface area contributed by atoms with E-state index in [1.54, 1.807) is 0 Å². The maximum absolute atomic E-state index is 5.81. The van der Waals surface area contributed by atoms with Crippen molar-refractivity contribution < 1.29 is 4.74 Å². The number of alkyl halides is 1. The lowest BCUT2D eigenvalue weighted by atomic mass is 10.2. The Bertz CT molecular complexity index is 382. The van der Waals surface area contributed by atoms with Crippen molar-refractivity contribution in [2.45, 2.75) is 32.9 Å². The quantitative estimate of drug-likeness (QED) is 0.742. The van der Waals surface area contributed by atoms with Crippen molar-refractivity contribution in [3.63, 3.8) is 0 Å². The monoisotopic (exact) mass is 286 g/mol. The fourth-order valence-corrected chi connectivity index (χ4v) is 2.61. The van der Waals surface area contributed by atoms with Gasteiger partial charge in [-0.2, -0.15) is 0 Å². The second kappa shape index (κ2) is 7.22. The summed E-state index contributed by atoms with van der Waals surface area (Å²) in [5.74, 6) is 1.28. The molecule has 0 aliphatic carbocycles. The van der Waals surface area contributed by atoms with Gasteiger partial charge < -0.3 is 4.74 Å². The molecule has 1 atom stereocenters. The Hall–Kier alpha value is -0.650. The van der Waals surface area contributed by atoms with Crippen molar-refractivity contribution in [1.82, 2.24) is 19.9 Å². The van der Waals surface area contributed by atoms with Crippen molar-refractivity contribution >= 4 is 11.6 Å². The molecule has 0 aromatic carbocycles. The van der Waals surface area contributed by atoms with E-state index in [-0.39, 0.29) is 6.10 Å². The van der Waals surface area contributed by atoms with E-state index in [9.17, 15) is 0 Å². The lowest BCUT2D eigenvalue weighted by molar-refractivity contribution is -0.0406. The molecular formula is C13H23ClN4O. The second-order valence-electron chi connectivity index (χ2n) is 5.52. The van der Waals surface area contributed by atoms with Crippen LogP contribution in [0, 0.1) is 5.92 Å². The number of nitrogens with zero attached hydrogens (tertiary/aromatic N) is 4. The van der Waals surface area contributed by atoms with E-state index in [1.807, 2.05) is 10.9 Å². The summed E-state index contributed by atoms with van der Waals surface area (Å²) in [4.78, 5) is 2.47. The molecule has 0 N–H and O–H groups in total. The topological polar surface area (TPSA) is 43.2 Å². The molecule has 1 aliphatic heterocycles. The van der Waals surface area contributed by atoms with Gasteiger partial charge in [0.2, 0.25) is 0 Å². The molecular weight excluding hydrogens is 264 g/mol. The van der Waals surface area contributed by atoms with E-state index in [0.29, 0.717) is 11.8 Å². The molecule has 1 unspecified atom stereocenters. The fraction of sp³-hybridized carbons (Fsp3) is 0.846. The predicted molar refractivity (Wildman–Crippen MR) is 75.5 cm³/mol. The largest absolute Gasteiger partial charge is 0.374 e. The Balaban J connectivity index is 1.83. The highest BCUT2D eigenvalue weighted by Gasteiger charge is 2.21. The van der Waals surface area contributed by atoms with Crippen LogP contribution in [0.15, 0.2) is 6.20 Å². The Labute approximate surface area is 119 Å². The van der Waals surface area contributed by atoms with Gasteiger partial charge in [-0.1, -0.05) is 19.1 Å². The first kappa shape index (κ1) is 14.8. The molecule has 0 amide bonds. The van der Waals surface area contributed by atoms with Crippen molar-refractivity contribution in [2.75, 3.05) is 32.1 Å². The van der Waals surface area contributed by atoms with Crippen LogP contribution < -0.4 is 0 Å². The Kier molecular flexibility index (Phi) is 5.60. The molecule has 0 spiro atoms. The van der Waals surface area contributed by atoms with Crippen LogP contribution in [-0.4, -0.2) is 58.1 Å². The molecule has 1 aromatic heterocycles. The molecule has 5 nitrogen and oxygen atoms in total. The Morgan fingerprint density at radius 2 is 2.37 bits per heavy atom. The number of halogens is 1. The number of rotatable bonds is 6. The van der Waals surface area contributed by atoms with E-state index in [1.165, 1.54) is 0 Å². The van der Waals surface area contributed by atoms with Crippen molar-refractivity contribution in [3.05, 3.63) is 11.9 Å². The standard InChI is InChI=1S/C13H23ClN4O/c1-11(2)7-17-5-6-19-13(9-17)10-18-8-12(3-4-14)15-16-18/h8,11,13H,3-7,9-10H2,1-2H3. The fourth-order valence-electron chi connectivity index (χ4n) is 2.42. The summed E-state index contributed by atoms with van der Waals surface area (Å²) in [6.07, 6.45) is 2.94. The van der Waals surface area contributed by atoms with E-state index in [4.69, 9.17) is 16.3 Å². The highest BCUT2D eigenvalue weighted by atomic mass is 35.5. The molecule has 6 heteroatoms. The van der Waals surface area contributed by atoms with E-state index < -0.39 is 0 Å². The number of aromatic nitrogens is 3. The molecule has 108 valence electrons. The molecule has 0 radical (unpaired) electrons. The van der Waals surface area contributed by atoms with Gasteiger partial charge in [-0.05, 0) is 5.92 Å². The summed E-state index contributed by atoms with van der Waals surface area (Å²) < 4.78 is 7.67. The van der Waals surface area contributed by atoms with Crippen LogP contribution in [0.4, 0.5) is 0 Å². The van der Waals surface area contributed by atoms with Crippen molar-refractivity contribution in [3.8, 4) is 0 Å². The van der Waals surface area contributed by atoms with Gasteiger partial charge in [0.15, 0.2) is 0 Å². The predicted octanol–water partition coefficient (Wildman–Crippen LogP) is 1.42. The molecule has 2 rings (SSSR count). The summed E-state index contributed by atoms with van der Waals surface area (Å²) in [6, 6.07) is 0. The van der Waals surface area contributed by atoms with Crippen LogP contribution in [0.5, 0.6) is 0 Å². The number of hydrogen-bond acceptors (Lipinski definition) is 4. The summed E-state index contributed by atoms with van der Waals surface area (Å²) >= 11 is 5.70. The molecule has 19 heavy (non-hydrogen) atoms. The minimum atomic E-state index is 0.207. The Morgan fingerprint density at radius 3 is 3.11 bits per heavy atom. The van der Waals surface area contributed by atoms with Gasteiger partial charge in [0.05, 0.1) is 24.9 Å². The third-order valence-electron chi connectivity index (χ3n) is 3.17. The zero-order valence-electron chi connectivity index (χ0n) is 11.8. The van der Waals surface area contributed by atoms with E-state index in [2.05, 4.69) is 29.1 Å². The van der Waals surface area contributed by atoms with Crippen LogP contribution in [-0.2, 0) is 17.7 Å². The van der Waals surface area contributed by atoms with Crippen molar-refractivity contribution in [1.29, 1.82) is 0 Å². The Morgan fingerprint density at radius 1 is 1.53 bits per heavy atom. The van der Waals surface area contributed by atoms with Gasteiger partial charge in [0.25, 0.3) is 0 Å². The smallest absolute Gasteiger partial charge is 0.0898 e. The van der Waals surface area contributed by atoms with Gasteiger partial charge in [0, 0.05) is 38.1 Å². The molecule has 1 aliphatic rings. The van der Waals surface area contributed by atoms with Crippen LogP contribution in [0.3, 0.4) is 0 Å². The summed E-state index contributed by atoms with van der Waals surface area (Å²) in [6.45, 7) is 9.21.